The minimum absolute atomic E-state index is 0.0433. The van der Waals surface area contributed by atoms with Crippen LogP contribution in [0, 0.1) is 12.3 Å². The van der Waals surface area contributed by atoms with Gasteiger partial charge in [0.25, 0.3) is 0 Å². The van der Waals surface area contributed by atoms with E-state index in [1.54, 1.807) is 0 Å². The van der Waals surface area contributed by atoms with Crippen molar-refractivity contribution in [3.05, 3.63) is 59.7 Å². The Balaban J connectivity index is 3.14. The fraction of sp³-hybridized carbons (Fsp3) is 0.429. The van der Waals surface area contributed by atoms with Gasteiger partial charge >= 0.3 is 0 Å². The number of rotatable bonds is 4. The number of anilines is 1. The zero-order valence-corrected chi connectivity index (χ0v) is 15.3. The highest BCUT2D eigenvalue weighted by molar-refractivity contribution is 5.67. The van der Waals surface area contributed by atoms with Crippen molar-refractivity contribution in [2.24, 2.45) is 5.41 Å². The number of allylic oxidation sites excluding steroid dienone is 3. The summed E-state index contributed by atoms with van der Waals surface area (Å²) in [6.45, 7) is 23.3. The normalized spacial score (nSPS) is 13.0. The van der Waals surface area contributed by atoms with Gasteiger partial charge in [0, 0.05) is 11.2 Å². The van der Waals surface area contributed by atoms with Crippen LogP contribution in [0.4, 0.5) is 5.69 Å². The molecule has 0 radical (unpaired) electrons. The number of hydrogen-bond acceptors (Lipinski definition) is 1. The third kappa shape index (κ3) is 5.22. The summed E-state index contributed by atoms with van der Waals surface area (Å²) in [6.07, 6.45) is 4.07. The molecule has 0 aliphatic carbocycles. The second kappa shape index (κ2) is 6.56. The molecule has 1 heteroatoms. The summed E-state index contributed by atoms with van der Waals surface area (Å²) in [4.78, 5) is 0. The van der Waals surface area contributed by atoms with E-state index in [9.17, 15) is 0 Å². The van der Waals surface area contributed by atoms with Gasteiger partial charge in [0.15, 0.2) is 0 Å². The molecule has 22 heavy (non-hydrogen) atoms. The average molecular weight is 297 g/mol. The van der Waals surface area contributed by atoms with E-state index in [4.69, 9.17) is 0 Å². The van der Waals surface area contributed by atoms with Crippen LogP contribution in [0.1, 0.15) is 52.7 Å². The summed E-state index contributed by atoms with van der Waals surface area (Å²) in [6, 6.07) is 6.48. The van der Waals surface area contributed by atoms with Gasteiger partial charge in [-0.1, -0.05) is 46.1 Å². The quantitative estimate of drug-likeness (QED) is 0.636. The zero-order valence-electron chi connectivity index (χ0n) is 15.3. The van der Waals surface area contributed by atoms with Crippen molar-refractivity contribution in [2.75, 3.05) is 5.32 Å². The van der Waals surface area contributed by atoms with Gasteiger partial charge in [-0.3, -0.25) is 0 Å². The van der Waals surface area contributed by atoms with Gasteiger partial charge in [-0.05, 0) is 73.6 Å². The standard InChI is InChI=1S/C21H31N/c1-10-17(16(3)20(4,5)6)14-18-11-12-19(13-15(18)2)22-21(7,8)9/h10-14,22H,1,3H2,2,4-9H3/b17-14+. The summed E-state index contributed by atoms with van der Waals surface area (Å²) >= 11 is 0. The van der Waals surface area contributed by atoms with E-state index in [0.29, 0.717) is 0 Å². The maximum Gasteiger partial charge on any atom is 0.0347 e. The zero-order chi connectivity index (χ0) is 17.1. The summed E-state index contributed by atoms with van der Waals surface area (Å²) < 4.78 is 0. The Morgan fingerprint density at radius 2 is 1.68 bits per heavy atom. The molecule has 1 aromatic rings. The van der Waals surface area contributed by atoms with E-state index in [1.807, 2.05) is 6.08 Å². The van der Waals surface area contributed by atoms with Crippen LogP contribution in [0.25, 0.3) is 6.08 Å². The molecule has 0 amide bonds. The smallest absolute Gasteiger partial charge is 0.0347 e. The Kier molecular flexibility index (Phi) is 5.45. The van der Waals surface area contributed by atoms with Crippen LogP contribution in [-0.2, 0) is 0 Å². The van der Waals surface area contributed by atoms with Gasteiger partial charge < -0.3 is 5.32 Å². The van der Waals surface area contributed by atoms with Crippen molar-refractivity contribution in [1.82, 2.24) is 0 Å². The fourth-order valence-electron chi connectivity index (χ4n) is 2.22. The van der Waals surface area contributed by atoms with Gasteiger partial charge in [-0.15, -0.1) is 0 Å². The Hall–Kier alpha value is -1.76. The Morgan fingerprint density at radius 1 is 1.09 bits per heavy atom. The van der Waals surface area contributed by atoms with Gasteiger partial charge in [0.1, 0.15) is 0 Å². The monoisotopic (exact) mass is 297 g/mol. The predicted molar refractivity (Wildman–Crippen MR) is 101 cm³/mol. The first-order valence-corrected chi connectivity index (χ1v) is 7.87. The SMILES string of the molecule is C=C/C(=C\c1ccc(NC(C)(C)C)cc1C)C(=C)C(C)(C)C. The van der Waals surface area contributed by atoms with Crippen molar-refractivity contribution in [2.45, 2.75) is 54.0 Å². The minimum atomic E-state index is 0.0433. The maximum atomic E-state index is 4.24. The highest BCUT2D eigenvalue weighted by atomic mass is 14.9. The second-order valence-corrected chi connectivity index (χ2v) is 7.98. The van der Waals surface area contributed by atoms with Crippen LogP contribution >= 0.6 is 0 Å². The lowest BCUT2D eigenvalue weighted by molar-refractivity contribution is 0.515. The lowest BCUT2D eigenvalue weighted by Gasteiger charge is -2.24. The molecule has 0 fully saturated rings. The molecule has 0 aliphatic rings. The van der Waals surface area contributed by atoms with Gasteiger partial charge in [0.05, 0.1) is 0 Å². The van der Waals surface area contributed by atoms with E-state index >= 15 is 0 Å². The van der Waals surface area contributed by atoms with Crippen LogP contribution in [0.2, 0.25) is 0 Å². The van der Waals surface area contributed by atoms with Crippen molar-refractivity contribution < 1.29 is 0 Å². The maximum absolute atomic E-state index is 4.24. The van der Waals surface area contributed by atoms with Gasteiger partial charge in [-0.2, -0.15) is 0 Å². The molecule has 1 nitrogen and oxygen atoms in total. The second-order valence-electron chi connectivity index (χ2n) is 7.98. The Labute approximate surface area is 136 Å². The molecular weight excluding hydrogens is 266 g/mol. The topological polar surface area (TPSA) is 12.0 Å². The van der Waals surface area contributed by atoms with Gasteiger partial charge in [-0.25, -0.2) is 0 Å². The predicted octanol–water partition coefficient (Wildman–Crippen LogP) is 6.38. The first-order chi connectivity index (χ1) is 9.94. The lowest BCUT2D eigenvalue weighted by atomic mass is 9.82. The average Bonchev–Trinajstić information content (AvgIpc) is 2.34. The molecule has 0 atom stereocenters. The highest BCUT2D eigenvalue weighted by Gasteiger charge is 2.17. The van der Waals surface area contributed by atoms with Crippen LogP contribution in [0.15, 0.2) is 48.6 Å². The molecule has 0 spiro atoms. The van der Waals surface area contributed by atoms with E-state index in [1.165, 1.54) is 11.1 Å². The molecule has 0 bridgehead atoms. The van der Waals surface area contributed by atoms with Crippen LogP contribution in [0.3, 0.4) is 0 Å². The molecule has 0 unspecified atom stereocenters. The molecule has 0 aromatic heterocycles. The molecule has 1 N–H and O–H groups in total. The molecule has 0 aliphatic heterocycles. The number of nitrogens with one attached hydrogen (secondary N) is 1. The summed E-state index contributed by atoms with van der Waals surface area (Å²) in [5.74, 6) is 0. The van der Waals surface area contributed by atoms with Crippen molar-refractivity contribution >= 4 is 11.8 Å². The molecule has 1 rings (SSSR count). The summed E-state index contributed by atoms with van der Waals surface area (Å²) in [5.41, 5.74) is 5.93. The first kappa shape index (κ1) is 18.3. The number of hydrogen-bond donors (Lipinski definition) is 1. The summed E-state index contributed by atoms with van der Waals surface area (Å²) in [7, 11) is 0. The van der Waals surface area contributed by atoms with E-state index in [0.717, 1.165) is 16.8 Å². The largest absolute Gasteiger partial charge is 0.380 e. The third-order valence-electron chi connectivity index (χ3n) is 3.57. The molecule has 1 aromatic carbocycles. The van der Waals surface area contributed by atoms with Crippen LogP contribution < -0.4 is 5.32 Å². The Bertz CT molecular complexity index is 589. The lowest BCUT2D eigenvalue weighted by Crippen LogP contribution is -2.26. The van der Waals surface area contributed by atoms with Crippen LogP contribution in [0.5, 0.6) is 0 Å². The van der Waals surface area contributed by atoms with E-state index in [2.05, 4.69) is 91.2 Å². The van der Waals surface area contributed by atoms with E-state index in [-0.39, 0.29) is 11.0 Å². The van der Waals surface area contributed by atoms with Crippen molar-refractivity contribution in [3.63, 3.8) is 0 Å². The number of benzene rings is 1. The molecule has 0 saturated heterocycles. The summed E-state index contributed by atoms with van der Waals surface area (Å²) in [5, 5.41) is 3.51. The number of aryl methyl sites for hydroxylation is 1. The van der Waals surface area contributed by atoms with Crippen molar-refractivity contribution in [3.8, 4) is 0 Å². The molecule has 0 saturated carbocycles. The molecule has 0 heterocycles. The van der Waals surface area contributed by atoms with Crippen molar-refractivity contribution in [1.29, 1.82) is 0 Å². The van der Waals surface area contributed by atoms with E-state index < -0.39 is 0 Å². The Morgan fingerprint density at radius 3 is 2.09 bits per heavy atom. The van der Waals surface area contributed by atoms with Crippen LogP contribution in [-0.4, -0.2) is 5.54 Å². The molecule has 120 valence electrons. The minimum Gasteiger partial charge on any atom is -0.380 e. The third-order valence-corrected chi connectivity index (χ3v) is 3.57. The highest BCUT2D eigenvalue weighted by Crippen LogP contribution is 2.32. The van der Waals surface area contributed by atoms with Gasteiger partial charge in [0.2, 0.25) is 0 Å². The first-order valence-electron chi connectivity index (χ1n) is 7.87. The fourth-order valence-corrected chi connectivity index (χ4v) is 2.22. The molecular formula is C21H31N.